The summed E-state index contributed by atoms with van der Waals surface area (Å²) in [6, 6.07) is 23.5. The van der Waals surface area contributed by atoms with Gasteiger partial charge in [0.25, 0.3) is 0 Å². The minimum atomic E-state index is -0.0116. The molecule has 0 amide bonds. The lowest BCUT2D eigenvalue weighted by Gasteiger charge is -2.41. The summed E-state index contributed by atoms with van der Waals surface area (Å²) in [7, 11) is 2.17. The molecule has 3 aromatic rings. The summed E-state index contributed by atoms with van der Waals surface area (Å²) >= 11 is 5.85. The molecule has 1 fully saturated rings. The Bertz CT molecular complexity index is 1200. The Labute approximate surface area is 202 Å². The fraction of sp³-hybridized carbons (Fsp3) is 0.286. The molecule has 0 saturated carbocycles. The maximum atomic E-state index is 5.85. The molecule has 5 heteroatoms. The smallest absolute Gasteiger partial charge is 0.170 e. The first-order chi connectivity index (χ1) is 15.8. The highest BCUT2D eigenvalue weighted by molar-refractivity contribution is 7.80. The zero-order chi connectivity index (χ0) is 23.2. The number of thiocarbonyl (C=S) groups is 1. The normalized spacial score (nSPS) is 21.5. The molecule has 1 aromatic heterocycles. The standard InChI is InChI=1S/C28H30N4S/c1-19-17-28(2,3)31(4)24-14-13-21(16-22(19)24)26-25(23-12-8-9-15-29-23)30-27(33)32(26)18-20-10-6-5-7-11-20/h5-17,25-26H,18H2,1-4H3,(H,30,33). The first-order valence-corrected chi connectivity index (χ1v) is 11.9. The number of hydrogen-bond donors (Lipinski definition) is 1. The van der Waals surface area contributed by atoms with Gasteiger partial charge in [-0.2, -0.15) is 0 Å². The monoisotopic (exact) mass is 454 g/mol. The van der Waals surface area contributed by atoms with E-state index >= 15 is 0 Å². The highest BCUT2D eigenvalue weighted by Gasteiger charge is 2.40. The van der Waals surface area contributed by atoms with E-state index < -0.39 is 0 Å². The second-order valence-corrected chi connectivity index (χ2v) is 9.94. The van der Waals surface area contributed by atoms with Gasteiger partial charge in [-0.05, 0) is 74.0 Å². The van der Waals surface area contributed by atoms with Crippen molar-refractivity contribution in [2.24, 2.45) is 0 Å². The lowest BCUT2D eigenvalue weighted by molar-refractivity contribution is 0.311. The van der Waals surface area contributed by atoms with Crippen LogP contribution in [-0.4, -0.2) is 27.6 Å². The fourth-order valence-electron chi connectivity index (χ4n) is 5.08. The average Bonchev–Trinajstić information content (AvgIpc) is 3.14. The summed E-state index contributed by atoms with van der Waals surface area (Å²) in [6.45, 7) is 7.48. The third-order valence-electron chi connectivity index (χ3n) is 6.98. The van der Waals surface area contributed by atoms with Gasteiger partial charge in [0.1, 0.15) is 0 Å². The molecular weight excluding hydrogens is 424 g/mol. The van der Waals surface area contributed by atoms with Crippen molar-refractivity contribution in [2.45, 2.75) is 44.9 Å². The van der Waals surface area contributed by atoms with Gasteiger partial charge in [-0.3, -0.25) is 4.98 Å². The third kappa shape index (κ3) is 3.91. The van der Waals surface area contributed by atoms with Gasteiger partial charge >= 0.3 is 0 Å². The lowest BCUT2D eigenvalue weighted by atomic mass is 9.86. The largest absolute Gasteiger partial charge is 0.366 e. The molecule has 2 aliphatic heterocycles. The number of allylic oxidation sites excluding steroid dienone is 1. The van der Waals surface area contributed by atoms with Crippen molar-refractivity contribution >= 4 is 28.6 Å². The lowest BCUT2D eigenvalue weighted by Crippen LogP contribution is -2.42. The van der Waals surface area contributed by atoms with E-state index in [2.05, 4.69) is 109 Å². The van der Waals surface area contributed by atoms with E-state index in [4.69, 9.17) is 12.2 Å². The number of pyridine rings is 1. The van der Waals surface area contributed by atoms with Gasteiger partial charge in [0, 0.05) is 31.0 Å². The van der Waals surface area contributed by atoms with Crippen molar-refractivity contribution in [1.29, 1.82) is 0 Å². The van der Waals surface area contributed by atoms with Crippen molar-refractivity contribution in [3.63, 3.8) is 0 Å². The van der Waals surface area contributed by atoms with Crippen molar-refractivity contribution in [3.8, 4) is 0 Å². The van der Waals surface area contributed by atoms with Crippen LogP contribution in [0.3, 0.4) is 0 Å². The molecule has 0 aliphatic carbocycles. The highest BCUT2D eigenvalue weighted by Crippen LogP contribution is 2.44. The van der Waals surface area contributed by atoms with E-state index in [1.807, 2.05) is 18.3 Å². The number of nitrogens with one attached hydrogen (secondary N) is 1. The number of likely N-dealkylation sites (N-methyl/N-ethyl adjacent to an activating group) is 1. The van der Waals surface area contributed by atoms with Crippen LogP contribution in [0.2, 0.25) is 0 Å². The van der Waals surface area contributed by atoms with Crippen LogP contribution < -0.4 is 10.2 Å². The Morgan fingerprint density at radius 2 is 1.79 bits per heavy atom. The number of fused-ring (bicyclic) bond motifs is 1. The number of aromatic nitrogens is 1. The molecule has 3 heterocycles. The van der Waals surface area contributed by atoms with Crippen LogP contribution in [0.15, 0.2) is 79.0 Å². The molecule has 0 radical (unpaired) electrons. The summed E-state index contributed by atoms with van der Waals surface area (Å²) in [5, 5.41) is 4.34. The molecule has 4 nitrogen and oxygen atoms in total. The first-order valence-electron chi connectivity index (χ1n) is 11.4. The van der Waals surface area contributed by atoms with E-state index in [1.165, 1.54) is 28.0 Å². The predicted octanol–water partition coefficient (Wildman–Crippen LogP) is 5.89. The summed E-state index contributed by atoms with van der Waals surface area (Å²) in [6.07, 6.45) is 4.21. The van der Waals surface area contributed by atoms with Crippen LogP contribution in [0.4, 0.5) is 5.69 Å². The minimum Gasteiger partial charge on any atom is -0.366 e. The second-order valence-electron chi connectivity index (χ2n) is 9.56. The Hall–Kier alpha value is -3.18. The van der Waals surface area contributed by atoms with E-state index in [-0.39, 0.29) is 17.6 Å². The van der Waals surface area contributed by atoms with Gasteiger partial charge in [0.15, 0.2) is 5.11 Å². The fourth-order valence-corrected chi connectivity index (χ4v) is 5.39. The molecule has 33 heavy (non-hydrogen) atoms. The molecule has 0 bridgehead atoms. The molecule has 2 atom stereocenters. The molecule has 1 N–H and O–H groups in total. The summed E-state index contributed by atoms with van der Waals surface area (Å²) < 4.78 is 0. The van der Waals surface area contributed by atoms with Crippen LogP contribution >= 0.6 is 12.2 Å². The van der Waals surface area contributed by atoms with Gasteiger partial charge < -0.3 is 15.1 Å². The number of anilines is 1. The van der Waals surface area contributed by atoms with Crippen LogP contribution in [0.25, 0.3) is 5.57 Å². The predicted molar refractivity (Wildman–Crippen MR) is 140 cm³/mol. The molecule has 2 aromatic carbocycles. The molecule has 2 aliphatic rings. The number of rotatable bonds is 4. The minimum absolute atomic E-state index is 0.00901. The van der Waals surface area contributed by atoms with E-state index in [0.717, 1.165) is 17.4 Å². The topological polar surface area (TPSA) is 31.4 Å². The van der Waals surface area contributed by atoms with Gasteiger partial charge in [0.05, 0.1) is 23.3 Å². The van der Waals surface area contributed by atoms with Gasteiger partial charge in [0.2, 0.25) is 0 Å². The Balaban J connectivity index is 1.60. The van der Waals surface area contributed by atoms with Gasteiger partial charge in [-0.1, -0.05) is 48.5 Å². The molecular formula is C28H30N4S. The molecule has 1 saturated heterocycles. The van der Waals surface area contributed by atoms with Gasteiger partial charge in [-0.25, -0.2) is 0 Å². The van der Waals surface area contributed by atoms with E-state index in [0.29, 0.717) is 0 Å². The van der Waals surface area contributed by atoms with Crippen molar-refractivity contribution in [3.05, 3.63) is 101 Å². The number of benzene rings is 2. The number of nitrogens with zero attached hydrogens (tertiary/aromatic N) is 3. The molecule has 2 unspecified atom stereocenters. The van der Waals surface area contributed by atoms with Crippen LogP contribution in [0, 0.1) is 0 Å². The van der Waals surface area contributed by atoms with Crippen LogP contribution in [0.5, 0.6) is 0 Å². The van der Waals surface area contributed by atoms with Crippen LogP contribution in [-0.2, 0) is 6.54 Å². The first kappa shape index (κ1) is 21.7. The second kappa shape index (κ2) is 8.31. The zero-order valence-electron chi connectivity index (χ0n) is 19.6. The molecule has 0 spiro atoms. The Morgan fingerprint density at radius 3 is 2.52 bits per heavy atom. The third-order valence-corrected chi connectivity index (χ3v) is 7.33. The summed E-state index contributed by atoms with van der Waals surface area (Å²) in [4.78, 5) is 9.34. The molecule has 168 valence electrons. The maximum absolute atomic E-state index is 5.85. The zero-order valence-corrected chi connectivity index (χ0v) is 20.4. The number of hydrogen-bond acceptors (Lipinski definition) is 3. The average molecular weight is 455 g/mol. The van der Waals surface area contributed by atoms with Crippen LogP contribution in [0.1, 0.15) is 55.2 Å². The van der Waals surface area contributed by atoms with Gasteiger partial charge in [-0.15, -0.1) is 0 Å². The Kier molecular flexibility index (Phi) is 5.45. The maximum Gasteiger partial charge on any atom is 0.170 e. The van der Waals surface area contributed by atoms with E-state index in [9.17, 15) is 0 Å². The summed E-state index contributed by atoms with van der Waals surface area (Å²) in [5.74, 6) is 0. The molecule has 5 rings (SSSR count). The van der Waals surface area contributed by atoms with Crippen molar-refractivity contribution < 1.29 is 0 Å². The SMILES string of the molecule is CC1=CC(C)(C)N(C)c2ccc(C3C(c4ccccn4)NC(=S)N3Cc3ccccc3)cc21. The van der Waals surface area contributed by atoms with E-state index in [1.54, 1.807) is 0 Å². The summed E-state index contributed by atoms with van der Waals surface area (Å²) in [5.41, 5.74) is 7.34. The van der Waals surface area contributed by atoms with Crippen molar-refractivity contribution in [1.82, 2.24) is 15.2 Å². The van der Waals surface area contributed by atoms with Crippen molar-refractivity contribution in [2.75, 3.05) is 11.9 Å². The highest BCUT2D eigenvalue weighted by atomic mass is 32.1. The Morgan fingerprint density at radius 1 is 1.03 bits per heavy atom. The quantitative estimate of drug-likeness (QED) is 0.497.